The Balaban J connectivity index is 0.00000729. The molecule has 0 atom stereocenters. The van der Waals surface area contributed by atoms with Gasteiger partial charge in [0.05, 0.1) is 7.11 Å². The largest absolute Gasteiger partial charge is 0.493 e. The Morgan fingerprint density at radius 3 is 2.57 bits per heavy atom. The molecular formula is C19H32F2IN3O3. The molecular weight excluding hydrogens is 483 g/mol. The van der Waals surface area contributed by atoms with Crippen molar-refractivity contribution in [2.45, 2.75) is 39.7 Å². The third-order valence-electron chi connectivity index (χ3n) is 3.67. The zero-order valence-electron chi connectivity index (χ0n) is 16.8. The molecule has 0 aliphatic heterocycles. The van der Waals surface area contributed by atoms with Crippen molar-refractivity contribution in [1.29, 1.82) is 0 Å². The van der Waals surface area contributed by atoms with Crippen LogP contribution < -0.4 is 20.1 Å². The van der Waals surface area contributed by atoms with E-state index in [0.717, 1.165) is 50.7 Å². The Hall–Kier alpha value is -1.36. The van der Waals surface area contributed by atoms with Gasteiger partial charge in [0.2, 0.25) is 0 Å². The van der Waals surface area contributed by atoms with E-state index in [1.54, 1.807) is 12.1 Å². The highest BCUT2D eigenvalue weighted by atomic mass is 127. The number of aliphatic imine (C=N–C) groups is 1. The quantitative estimate of drug-likeness (QED) is 0.181. The van der Waals surface area contributed by atoms with Gasteiger partial charge >= 0.3 is 6.61 Å². The van der Waals surface area contributed by atoms with Gasteiger partial charge in [-0.15, -0.1) is 24.0 Å². The molecule has 0 unspecified atom stereocenters. The van der Waals surface area contributed by atoms with Gasteiger partial charge in [0.1, 0.15) is 0 Å². The topological polar surface area (TPSA) is 64.1 Å². The smallest absolute Gasteiger partial charge is 0.387 e. The average molecular weight is 515 g/mol. The van der Waals surface area contributed by atoms with Crippen molar-refractivity contribution < 1.29 is 23.0 Å². The molecule has 0 bridgehead atoms. The van der Waals surface area contributed by atoms with E-state index in [2.05, 4.69) is 20.4 Å². The van der Waals surface area contributed by atoms with Crippen molar-refractivity contribution in [2.24, 2.45) is 4.99 Å². The highest BCUT2D eigenvalue weighted by molar-refractivity contribution is 14.0. The minimum atomic E-state index is -2.89. The molecule has 0 heterocycles. The van der Waals surface area contributed by atoms with E-state index in [9.17, 15) is 8.78 Å². The number of rotatable bonds is 13. The number of alkyl halides is 2. The maximum atomic E-state index is 12.5. The van der Waals surface area contributed by atoms with Crippen molar-refractivity contribution in [3.8, 4) is 11.5 Å². The fraction of sp³-hybridized carbons (Fsp3) is 0.632. The molecule has 0 fully saturated rings. The first-order valence-electron chi connectivity index (χ1n) is 9.32. The second-order valence-corrected chi connectivity index (χ2v) is 5.71. The van der Waals surface area contributed by atoms with Crippen molar-refractivity contribution in [1.82, 2.24) is 10.6 Å². The average Bonchev–Trinajstić information content (AvgIpc) is 2.64. The summed E-state index contributed by atoms with van der Waals surface area (Å²) in [5.41, 5.74) is 0.867. The molecule has 0 aliphatic rings. The number of nitrogens with zero attached hydrogens (tertiary/aromatic N) is 1. The molecule has 0 amide bonds. The lowest BCUT2D eigenvalue weighted by atomic mass is 10.1. The Morgan fingerprint density at radius 1 is 1.14 bits per heavy atom. The van der Waals surface area contributed by atoms with Crippen LogP contribution in [0.1, 0.15) is 32.3 Å². The van der Waals surface area contributed by atoms with Crippen molar-refractivity contribution in [3.63, 3.8) is 0 Å². The van der Waals surface area contributed by atoms with Crippen LogP contribution in [0.2, 0.25) is 0 Å². The minimum absolute atomic E-state index is 0. The van der Waals surface area contributed by atoms with Gasteiger partial charge in [0, 0.05) is 32.8 Å². The van der Waals surface area contributed by atoms with E-state index in [1.807, 2.05) is 19.9 Å². The molecule has 0 aliphatic carbocycles. The normalized spacial score (nSPS) is 11.1. The van der Waals surface area contributed by atoms with Crippen molar-refractivity contribution in [2.75, 3.05) is 40.0 Å². The number of hydrogen-bond acceptors (Lipinski definition) is 4. The van der Waals surface area contributed by atoms with E-state index in [4.69, 9.17) is 9.47 Å². The molecule has 0 aromatic heterocycles. The summed E-state index contributed by atoms with van der Waals surface area (Å²) in [7, 11) is 1.42. The van der Waals surface area contributed by atoms with Gasteiger partial charge in [-0.25, -0.2) is 0 Å². The maximum Gasteiger partial charge on any atom is 0.387 e. The molecule has 0 radical (unpaired) electrons. The van der Waals surface area contributed by atoms with Gasteiger partial charge in [-0.2, -0.15) is 8.78 Å². The van der Waals surface area contributed by atoms with Crippen LogP contribution in [0.5, 0.6) is 11.5 Å². The Kier molecular flexibility index (Phi) is 15.8. The highest BCUT2D eigenvalue weighted by Gasteiger charge is 2.11. The van der Waals surface area contributed by atoms with Gasteiger partial charge in [-0.1, -0.05) is 6.07 Å². The second-order valence-electron chi connectivity index (χ2n) is 5.71. The molecule has 1 rings (SSSR count). The highest BCUT2D eigenvalue weighted by Crippen LogP contribution is 2.29. The number of halogens is 3. The molecule has 1 aromatic rings. The summed E-state index contributed by atoms with van der Waals surface area (Å²) in [4.78, 5) is 4.52. The van der Waals surface area contributed by atoms with Crippen LogP contribution >= 0.6 is 24.0 Å². The Morgan fingerprint density at radius 2 is 1.93 bits per heavy atom. The molecule has 0 saturated carbocycles. The van der Waals surface area contributed by atoms with E-state index in [1.165, 1.54) is 7.11 Å². The number of unbranched alkanes of at least 4 members (excludes halogenated alkanes) is 1. The van der Waals surface area contributed by atoms with Gasteiger partial charge in [-0.3, -0.25) is 4.99 Å². The van der Waals surface area contributed by atoms with Crippen LogP contribution in [0, 0.1) is 0 Å². The number of ether oxygens (including phenoxy) is 3. The summed E-state index contributed by atoms with van der Waals surface area (Å²) in [5.74, 6) is 1.07. The monoisotopic (exact) mass is 515 g/mol. The molecule has 2 N–H and O–H groups in total. The molecule has 162 valence electrons. The first kappa shape index (κ1) is 26.6. The summed E-state index contributed by atoms with van der Waals surface area (Å²) in [5, 5.41) is 6.44. The van der Waals surface area contributed by atoms with Crippen molar-refractivity contribution >= 4 is 29.9 Å². The van der Waals surface area contributed by atoms with Gasteiger partial charge in [0.15, 0.2) is 17.5 Å². The molecule has 1 aromatic carbocycles. The number of nitrogens with one attached hydrogen (secondary N) is 2. The summed E-state index contributed by atoms with van der Waals surface area (Å²) in [6, 6.07) is 5.03. The molecule has 0 saturated heterocycles. The van der Waals surface area contributed by atoms with Gasteiger partial charge in [-0.05, 0) is 50.8 Å². The zero-order valence-corrected chi connectivity index (χ0v) is 19.1. The summed E-state index contributed by atoms with van der Waals surface area (Å²) in [6.45, 7) is 4.70. The van der Waals surface area contributed by atoms with E-state index in [-0.39, 0.29) is 35.5 Å². The predicted molar refractivity (Wildman–Crippen MR) is 118 cm³/mol. The molecule has 0 spiro atoms. The lowest BCUT2D eigenvalue weighted by Gasteiger charge is -2.13. The third kappa shape index (κ3) is 11.5. The lowest BCUT2D eigenvalue weighted by molar-refractivity contribution is -0.0512. The SMILES string of the molecule is CCNC(=NCCCCOCC)NCCc1ccc(OC)c(OC(F)F)c1.I. The van der Waals surface area contributed by atoms with Crippen LogP contribution in [0.4, 0.5) is 8.78 Å². The number of methoxy groups -OCH3 is 1. The molecule has 6 nitrogen and oxygen atoms in total. The molecule has 9 heteroatoms. The molecule has 28 heavy (non-hydrogen) atoms. The first-order valence-corrected chi connectivity index (χ1v) is 9.32. The summed E-state index contributed by atoms with van der Waals surface area (Å²) >= 11 is 0. The van der Waals surface area contributed by atoms with Gasteiger partial charge in [0.25, 0.3) is 0 Å². The predicted octanol–water partition coefficient (Wildman–Crippen LogP) is 3.83. The Labute approximate surface area is 183 Å². The van der Waals surface area contributed by atoms with Crippen LogP contribution in [-0.2, 0) is 11.2 Å². The van der Waals surface area contributed by atoms with Crippen molar-refractivity contribution in [3.05, 3.63) is 23.8 Å². The second kappa shape index (κ2) is 16.6. The lowest BCUT2D eigenvalue weighted by Crippen LogP contribution is -2.38. The van der Waals surface area contributed by atoms with E-state index in [0.29, 0.717) is 13.0 Å². The van der Waals surface area contributed by atoms with Crippen LogP contribution in [0.15, 0.2) is 23.2 Å². The number of benzene rings is 1. The maximum absolute atomic E-state index is 12.5. The van der Waals surface area contributed by atoms with E-state index < -0.39 is 6.61 Å². The van der Waals surface area contributed by atoms with Crippen LogP contribution in [0.3, 0.4) is 0 Å². The minimum Gasteiger partial charge on any atom is -0.493 e. The first-order chi connectivity index (χ1) is 13.1. The zero-order chi connectivity index (χ0) is 19.9. The van der Waals surface area contributed by atoms with Gasteiger partial charge < -0.3 is 24.8 Å². The fourth-order valence-corrected chi connectivity index (χ4v) is 2.38. The standard InChI is InChI=1S/C19H31F2N3O3.HI/c1-4-22-19(23-11-6-7-13-26-5-2)24-12-10-15-8-9-16(25-3)17(14-15)27-18(20)21;/h8-9,14,18H,4-7,10-13H2,1-3H3,(H2,22,23,24);1H. The summed E-state index contributed by atoms with van der Waals surface area (Å²) < 4.78 is 39.9. The van der Waals surface area contributed by atoms with Crippen LogP contribution in [0.25, 0.3) is 0 Å². The number of hydrogen-bond donors (Lipinski definition) is 2. The number of guanidine groups is 1. The van der Waals surface area contributed by atoms with E-state index >= 15 is 0 Å². The Bertz CT molecular complexity index is 563. The van der Waals surface area contributed by atoms with Crippen LogP contribution in [-0.4, -0.2) is 52.5 Å². The summed E-state index contributed by atoms with van der Waals surface area (Å²) in [6.07, 6.45) is 2.58. The fourth-order valence-electron chi connectivity index (χ4n) is 2.38. The third-order valence-corrected chi connectivity index (χ3v) is 3.67.